The molecule has 0 N–H and O–H groups in total. The number of carbonyl (C=O) groups excluding carboxylic acids is 1. The molecule has 1 aliphatic rings. The lowest BCUT2D eigenvalue weighted by Crippen LogP contribution is -2.41. The van der Waals surface area contributed by atoms with Gasteiger partial charge in [-0.2, -0.15) is 0 Å². The van der Waals surface area contributed by atoms with Crippen LogP contribution in [0.5, 0.6) is 0 Å². The average molecular weight is 616 g/mol. The fourth-order valence-electron chi connectivity index (χ4n) is 4.94. The van der Waals surface area contributed by atoms with Gasteiger partial charge in [-0.05, 0) is 88.1 Å². The molecule has 0 spiro atoms. The Hall–Kier alpha value is -2.50. The van der Waals surface area contributed by atoms with Gasteiger partial charge in [-0.3, -0.25) is 9.88 Å². The van der Waals surface area contributed by atoms with Gasteiger partial charge in [0, 0.05) is 49.0 Å². The number of anilines is 1. The van der Waals surface area contributed by atoms with Crippen molar-refractivity contribution in [2.24, 2.45) is 5.92 Å². The Balaban J connectivity index is 0.00000280. The fourth-order valence-corrected chi connectivity index (χ4v) is 6.40. The molecular formula is C28H37Cl2FN4O4S. The normalized spacial score (nSPS) is 14.4. The predicted molar refractivity (Wildman–Crippen MR) is 161 cm³/mol. The lowest BCUT2D eigenvalue weighted by atomic mass is 9.97. The van der Waals surface area contributed by atoms with E-state index in [0.29, 0.717) is 29.1 Å². The summed E-state index contributed by atoms with van der Waals surface area (Å²) in [5, 5.41) is 1.48. The van der Waals surface area contributed by atoms with Crippen LogP contribution in [-0.4, -0.2) is 75.1 Å². The van der Waals surface area contributed by atoms with Crippen molar-refractivity contribution >= 4 is 57.4 Å². The predicted octanol–water partition coefficient (Wildman–Crippen LogP) is 5.60. The van der Waals surface area contributed by atoms with Gasteiger partial charge in [0.05, 0.1) is 11.5 Å². The summed E-state index contributed by atoms with van der Waals surface area (Å²) in [5.74, 6) is -0.0776. The number of ether oxygens (including phenoxy) is 1. The van der Waals surface area contributed by atoms with Crippen molar-refractivity contribution in [2.75, 3.05) is 51.3 Å². The smallest absolute Gasteiger partial charge is 0.414 e. The largest absolute Gasteiger partial charge is 0.449 e. The zero-order valence-electron chi connectivity index (χ0n) is 22.7. The van der Waals surface area contributed by atoms with Crippen LogP contribution in [0.25, 0.3) is 10.8 Å². The van der Waals surface area contributed by atoms with Gasteiger partial charge in [-0.1, -0.05) is 12.1 Å². The molecular weight excluding hydrogens is 578 g/mol. The van der Waals surface area contributed by atoms with E-state index in [0.717, 1.165) is 44.3 Å². The molecule has 3 aromatic rings. The molecule has 2 aromatic carbocycles. The molecule has 0 atom stereocenters. The Morgan fingerprint density at radius 3 is 2.48 bits per heavy atom. The van der Waals surface area contributed by atoms with E-state index in [-0.39, 0.29) is 43.2 Å². The minimum Gasteiger partial charge on any atom is -0.449 e. The molecule has 12 heteroatoms. The van der Waals surface area contributed by atoms with Crippen LogP contribution in [0.3, 0.4) is 0 Å². The van der Waals surface area contributed by atoms with Crippen LogP contribution in [0.15, 0.2) is 65.8 Å². The van der Waals surface area contributed by atoms with Crippen molar-refractivity contribution in [3.63, 3.8) is 0 Å². The number of hydrogen-bond acceptors (Lipinski definition) is 6. The lowest BCUT2D eigenvalue weighted by molar-refractivity contribution is 0.156. The van der Waals surface area contributed by atoms with Gasteiger partial charge < -0.3 is 9.64 Å². The molecule has 40 heavy (non-hydrogen) atoms. The Labute approximate surface area is 248 Å². The molecule has 0 radical (unpaired) electrons. The average Bonchev–Trinajstić information content (AvgIpc) is 2.92. The van der Waals surface area contributed by atoms with Crippen molar-refractivity contribution < 1.29 is 22.3 Å². The van der Waals surface area contributed by atoms with Crippen molar-refractivity contribution in [1.82, 2.24) is 14.2 Å². The Kier molecular flexibility index (Phi) is 13.0. The number of hydrogen-bond donors (Lipinski definition) is 0. The molecule has 0 unspecified atom stereocenters. The molecule has 1 aromatic heterocycles. The molecule has 1 aliphatic heterocycles. The summed E-state index contributed by atoms with van der Waals surface area (Å²) in [6.45, 7) is 5.51. The van der Waals surface area contributed by atoms with E-state index in [4.69, 9.17) is 4.74 Å². The third kappa shape index (κ3) is 8.27. The summed E-state index contributed by atoms with van der Waals surface area (Å²) in [6, 6.07) is 12.8. The number of nitrogens with zero attached hydrogens (tertiary/aromatic N) is 4. The number of sulfonamides is 1. The second kappa shape index (κ2) is 15.5. The second-order valence-electron chi connectivity index (χ2n) is 9.60. The van der Waals surface area contributed by atoms with E-state index in [2.05, 4.69) is 9.88 Å². The van der Waals surface area contributed by atoms with Gasteiger partial charge in [0.15, 0.2) is 0 Å². The maximum atomic E-state index is 13.4. The van der Waals surface area contributed by atoms with E-state index in [9.17, 15) is 17.6 Å². The second-order valence-corrected chi connectivity index (χ2v) is 11.6. The summed E-state index contributed by atoms with van der Waals surface area (Å²) in [6.07, 6.45) is 5.39. The third-order valence-corrected chi connectivity index (χ3v) is 8.92. The Bertz CT molecular complexity index is 1330. The first kappa shape index (κ1) is 33.7. The minimum atomic E-state index is -3.63. The molecule has 1 amide bonds. The SMILES string of the molecule is CCOC(=O)N(CCCN1CCC(CN(C)S(=O)(=O)c2cccc3cnccc23)CC1)c1ccc(F)cc1.Cl.Cl. The molecule has 1 saturated heterocycles. The van der Waals surface area contributed by atoms with Crippen LogP contribution in [0.2, 0.25) is 0 Å². The third-order valence-electron chi connectivity index (χ3n) is 7.03. The van der Waals surface area contributed by atoms with Crippen LogP contribution in [0.4, 0.5) is 14.9 Å². The topological polar surface area (TPSA) is 83.0 Å². The van der Waals surface area contributed by atoms with Crippen molar-refractivity contribution in [3.05, 3.63) is 66.7 Å². The summed E-state index contributed by atoms with van der Waals surface area (Å²) in [4.78, 5) is 20.7. The van der Waals surface area contributed by atoms with E-state index in [1.54, 1.807) is 61.6 Å². The minimum absolute atomic E-state index is 0. The van der Waals surface area contributed by atoms with Gasteiger partial charge in [-0.25, -0.2) is 21.9 Å². The number of rotatable bonds is 10. The number of pyridine rings is 1. The lowest BCUT2D eigenvalue weighted by Gasteiger charge is -2.34. The highest BCUT2D eigenvalue weighted by Crippen LogP contribution is 2.27. The highest BCUT2D eigenvalue weighted by atomic mass is 35.5. The number of halogens is 3. The molecule has 0 bridgehead atoms. The summed E-state index contributed by atoms with van der Waals surface area (Å²) < 4.78 is 46.7. The fraction of sp³-hybridized carbons (Fsp3) is 0.429. The maximum absolute atomic E-state index is 13.4. The quantitative estimate of drug-likeness (QED) is 0.295. The Morgan fingerprint density at radius 2 is 1.80 bits per heavy atom. The molecule has 8 nitrogen and oxygen atoms in total. The van der Waals surface area contributed by atoms with Crippen molar-refractivity contribution in [3.8, 4) is 0 Å². The van der Waals surface area contributed by atoms with Gasteiger partial charge in [0.1, 0.15) is 5.82 Å². The van der Waals surface area contributed by atoms with E-state index < -0.39 is 16.1 Å². The van der Waals surface area contributed by atoms with Gasteiger partial charge in [0.25, 0.3) is 0 Å². The number of carbonyl (C=O) groups is 1. The molecule has 1 fully saturated rings. The van der Waals surface area contributed by atoms with Gasteiger partial charge in [0.2, 0.25) is 10.0 Å². The standard InChI is InChI=1S/C28H35FN4O4S.2ClH/c1-3-37-28(34)33(25-10-8-24(29)9-11-25)17-5-16-32-18-13-22(14-19-32)21-31(2)38(35,36)27-7-4-6-23-20-30-15-12-26(23)27;;/h4,6-12,15,20,22H,3,5,13-14,16-19,21H2,1-2H3;2*1H. The summed E-state index contributed by atoms with van der Waals surface area (Å²) in [5.41, 5.74) is 0.607. The number of piperidine rings is 1. The number of amides is 1. The van der Waals surface area contributed by atoms with Gasteiger partial charge >= 0.3 is 6.09 Å². The maximum Gasteiger partial charge on any atom is 0.414 e. The monoisotopic (exact) mass is 614 g/mol. The number of aromatic nitrogens is 1. The number of fused-ring (bicyclic) bond motifs is 1. The number of likely N-dealkylation sites (tertiary alicyclic amines) is 1. The summed E-state index contributed by atoms with van der Waals surface area (Å²) >= 11 is 0. The first-order valence-corrected chi connectivity index (χ1v) is 14.4. The first-order chi connectivity index (χ1) is 18.3. The highest BCUT2D eigenvalue weighted by Gasteiger charge is 2.28. The van der Waals surface area contributed by atoms with Crippen LogP contribution in [-0.2, 0) is 14.8 Å². The van der Waals surface area contributed by atoms with Gasteiger partial charge in [-0.15, -0.1) is 24.8 Å². The Morgan fingerprint density at radius 1 is 1.10 bits per heavy atom. The zero-order valence-corrected chi connectivity index (χ0v) is 25.2. The van der Waals surface area contributed by atoms with Crippen LogP contribution in [0, 0.1) is 11.7 Å². The van der Waals surface area contributed by atoms with E-state index in [1.165, 1.54) is 16.4 Å². The molecule has 220 valence electrons. The van der Waals surface area contributed by atoms with Crippen LogP contribution in [0.1, 0.15) is 26.2 Å². The molecule has 4 rings (SSSR count). The van der Waals surface area contributed by atoms with Crippen molar-refractivity contribution in [1.29, 1.82) is 0 Å². The molecule has 2 heterocycles. The zero-order chi connectivity index (χ0) is 27.1. The highest BCUT2D eigenvalue weighted by molar-refractivity contribution is 7.89. The molecule has 0 aliphatic carbocycles. The van der Waals surface area contributed by atoms with Crippen molar-refractivity contribution in [2.45, 2.75) is 31.1 Å². The first-order valence-electron chi connectivity index (χ1n) is 13.0. The van der Waals surface area contributed by atoms with E-state index in [1.807, 2.05) is 6.07 Å². The molecule has 0 saturated carbocycles. The summed E-state index contributed by atoms with van der Waals surface area (Å²) in [7, 11) is -1.97. The van der Waals surface area contributed by atoms with E-state index >= 15 is 0 Å². The number of benzene rings is 2. The van der Waals surface area contributed by atoms with Crippen LogP contribution >= 0.6 is 24.8 Å². The van der Waals surface area contributed by atoms with Crippen LogP contribution < -0.4 is 4.90 Å².